The lowest BCUT2D eigenvalue weighted by atomic mass is 9.95. The Kier molecular flexibility index (Phi) is 4.52. The number of anilines is 1. The van der Waals surface area contributed by atoms with Crippen molar-refractivity contribution in [3.8, 4) is 22.5 Å². The van der Waals surface area contributed by atoms with Gasteiger partial charge in [0.25, 0.3) is 5.91 Å². The summed E-state index contributed by atoms with van der Waals surface area (Å²) in [6, 6.07) is 5.17. The van der Waals surface area contributed by atoms with E-state index in [0.29, 0.717) is 53.3 Å². The Hall–Kier alpha value is -3.36. The lowest BCUT2D eigenvalue weighted by molar-refractivity contribution is -0.137. The molecule has 0 atom stereocenters. The second kappa shape index (κ2) is 6.91. The zero-order chi connectivity index (χ0) is 20.8. The standard InChI is InChI=1S/C20H18F3N5O/c1-2-10-3-4-11(20(21,22)23)7-13(10)14-8-15(28-17(14)18(24)29)16-12-5-6-25-19(12)27-9-26-16/h3-4,7-9,28H,2,5-6H2,1H3,(H2,24,29)(H,25,26,27). The first-order valence-electron chi connectivity index (χ1n) is 9.11. The first-order chi connectivity index (χ1) is 13.8. The number of H-pyrrole nitrogens is 1. The molecule has 1 aliphatic heterocycles. The number of hydrogen-bond acceptors (Lipinski definition) is 4. The minimum absolute atomic E-state index is 0.0485. The molecule has 1 aliphatic rings. The Morgan fingerprint density at radius 1 is 1.21 bits per heavy atom. The van der Waals surface area contributed by atoms with Crippen molar-refractivity contribution in [2.45, 2.75) is 25.9 Å². The van der Waals surface area contributed by atoms with Crippen molar-refractivity contribution in [1.29, 1.82) is 0 Å². The molecule has 150 valence electrons. The van der Waals surface area contributed by atoms with Crippen LogP contribution in [0.1, 0.15) is 34.1 Å². The number of nitrogens with one attached hydrogen (secondary N) is 2. The number of aryl methyl sites for hydroxylation is 1. The van der Waals surface area contributed by atoms with Crippen LogP contribution in [0.25, 0.3) is 22.5 Å². The molecule has 0 saturated heterocycles. The minimum atomic E-state index is -4.49. The monoisotopic (exact) mass is 401 g/mol. The SMILES string of the molecule is CCc1ccc(C(F)(F)F)cc1-c1cc(-c2ncnc3c2CCN3)[nH]c1C(N)=O. The minimum Gasteiger partial charge on any atom is -0.369 e. The van der Waals surface area contributed by atoms with Crippen molar-refractivity contribution in [2.24, 2.45) is 5.73 Å². The molecule has 4 N–H and O–H groups in total. The van der Waals surface area contributed by atoms with E-state index in [1.807, 2.05) is 6.92 Å². The number of aromatic amines is 1. The lowest BCUT2D eigenvalue weighted by Crippen LogP contribution is -2.13. The van der Waals surface area contributed by atoms with E-state index in [-0.39, 0.29) is 5.69 Å². The number of hydrogen-bond donors (Lipinski definition) is 3. The normalized spacial score (nSPS) is 13.2. The maximum atomic E-state index is 13.3. The van der Waals surface area contributed by atoms with Gasteiger partial charge in [0.2, 0.25) is 0 Å². The summed E-state index contributed by atoms with van der Waals surface area (Å²) in [5.74, 6) is -0.0466. The van der Waals surface area contributed by atoms with Crippen molar-refractivity contribution < 1.29 is 18.0 Å². The number of carbonyl (C=O) groups is 1. The van der Waals surface area contributed by atoms with Crippen LogP contribution < -0.4 is 11.1 Å². The van der Waals surface area contributed by atoms with E-state index in [0.717, 1.165) is 17.7 Å². The Labute approximate surface area is 164 Å². The van der Waals surface area contributed by atoms with Gasteiger partial charge in [-0.05, 0) is 42.2 Å². The van der Waals surface area contributed by atoms with E-state index >= 15 is 0 Å². The predicted octanol–water partition coefficient (Wildman–Crippen LogP) is 3.79. The van der Waals surface area contributed by atoms with Crippen molar-refractivity contribution >= 4 is 11.7 Å². The fourth-order valence-electron chi connectivity index (χ4n) is 3.64. The van der Waals surface area contributed by atoms with Gasteiger partial charge in [0.15, 0.2) is 0 Å². The first-order valence-corrected chi connectivity index (χ1v) is 9.11. The number of fused-ring (bicyclic) bond motifs is 1. The highest BCUT2D eigenvalue weighted by Crippen LogP contribution is 2.38. The summed E-state index contributed by atoms with van der Waals surface area (Å²) in [4.78, 5) is 23.5. The Morgan fingerprint density at radius 2 is 2.00 bits per heavy atom. The van der Waals surface area contributed by atoms with Crippen LogP contribution >= 0.6 is 0 Å². The van der Waals surface area contributed by atoms with Gasteiger partial charge in [-0.3, -0.25) is 4.79 Å². The van der Waals surface area contributed by atoms with Gasteiger partial charge in [-0.15, -0.1) is 0 Å². The highest BCUT2D eigenvalue weighted by Gasteiger charge is 2.32. The number of aromatic nitrogens is 3. The second-order valence-electron chi connectivity index (χ2n) is 6.79. The van der Waals surface area contributed by atoms with Crippen LogP contribution in [0.15, 0.2) is 30.6 Å². The molecule has 0 radical (unpaired) electrons. The molecule has 9 heteroatoms. The molecule has 0 bridgehead atoms. The van der Waals surface area contributed by atoms with Gasteiger partial charge >= 0.3 is 6.18 Å². The average Bonchev–Trinajstić information content (AvgIpc) is 3.33. The zero-order valence-electron chi connectivity index (χ0n) is 15.5. The largest absolute Gasteiger partial charge is 0.416 e. The number of alkyl halides is 3. The Morgan fingerprint density at radius 3 is 2.69 bits per heavy atom. The van der Waals surface area contributed by atoms with Crippen molar-refractivity contribution in [3.63, 3.8) is 0 Å². The third kappa shape index (κ3) is 3.32. The number of primary amides is 1. The van der Waals surface area contributed by atoms with Crippen LogP contribution in [-0.2, 0) is 19.0 Å². The summed E-state index contributed by atoms with van der Waals surface area (Å²) >= 11 is 0. The van der Waals surface area contributed by atoms with Gasteiger partial charge in [0.1, 0.15) is 17.8 Å². The molecule has 4 rings (SSSR count). The molecule has 6 nitrogen and oxygen atoms in total. The number of rotatable bonds is 4. The van der Waals surface area contributed by atoms with Crippen LogP contribution in [0.3, 0.4) is 0 Å². The second-order valence-corrected chi connectivity index (χ2v) is 6.79. The summed E-state index contributed by atoms with van der Waals surface area (Å²) in [6.45, 7) is 2.55. The summed E-state index contributed by atoms with van der Waals surface area (Å²) in [7, 11) is 0. The fourth-order valence-corrected chi connectivity index (χ4v) is 3.64. The van der Waals surface area contributed by atoms with E-state index in [1.165, 1.54) is 12.4 Å². The smallest absolute Gasteiger partial charge is 0.369 e. The van der Waals surface area contributed by atoms with E-state index in [9.17, 15) is 18.0 Å². The van der Waals surface area contributed by atoms with Crippen LogP contribution in [0.2, 0.25) is 0 Å². The van der Waals surface area contributed by atoms with Crippen molar-refractivity contribution in [1.82, 2.24) is 15.0 Å². The fraction of sp³-hybridized carbons (Fsp3) is 0.250. The summed E-state index contributed by atoms with van der Waals surface area (Å²) < 4.78 is 39.8. The van der Waals surface area contributed by atoms with Gasteiger partial charge < -0.3 is 16.0 Å². The molecule has 0 saturated carbocycles. The predicted molar refractivity (Wildman–Crippen MR) is 102 cm³/mol. The topological polar surface area (TPSA) is 96.7 Å². The summed E-state index contributed by atoms with van der Waals surface area (Å²) in [5, 5.41) is 3.15. The van der Waals surface area contributed by atoms with E-state index in [1.54, 1.807) is 6.07 Å². The molecule has 2 aromatic heterocycles. The number of halogens is 3. The molecule has 0 aliphatic carbocycles. The Balaban J connectivity index is 1.92. The lowest BCUT2D eigenvalue weighted by Gasteiger charge is -2.13. The molecular formula is C20H18F3N5O. The average molecular weight is 401 g/mol. The molecule has 0 spiro atoms. The zero-order valence-corrected chi connectivity index (χ0v) is 15.5. The number of nitrogens with zero attached hydrogens (tertiary/aromatic N) is 2. The highest BCUT2D eigenvalue weighted by molar-refractivity contribution is 6.00. The van der Waals surface area contributed by atoms with Crippen LogP contribution in [0.5, 0.6) is 0 Å². The molecule has 29 heavy (non-hydrogen) atoms. The van der Waals surface area contributed by atoms with Gasteiger partial charge in [-0.1, -0.05) is 13.0 Å². The van der Waals surface area contributed by atoms with Gasteiger partial charge in [-0.2, -0.15) is 13.2 Å². The number of nitrogens with two attached hydrogens (primary N) is 1. The molecule has 3 heterocycles. The summed E-state index contributed by atoms with van der Waals surface area (Å²) in [5.41, 5.74) is 8.12. The molecule has 1 aromatic carbocycles. The molecule has 0 fully saturated rings. The van der Waals surface area contributed by atoms with E-state index in [4.69, 9.17) is 5.73 Å². The molecule has 3 aromatic rings. The van der Waals surface area contributed by atoms with Gasteiger partial charge in [0, 0.05) is 17.7 Å². The molecule has 0 unspecified atom stereocenters. The van der Waals surface area contributed by atoms with Gasteiger partial charge in [0.05, 0.1) is 17.0 Å². The molecule has 1 amide bonds. The quantitative estimate of drug-likeness (QED) is 0.620. The number of benzene rings is 1. The van der Waals surface area contributed by atoms with Crippen LogP contribution in [-0.4, -0.2) is 27.4 Å². The van der Waals surface area contributed by atoms with E-state index in [2.05, 4.69) is 20.3 Å². The van der Waals surface area contributed by atoms with Crippen molar-refractivity contribution in [3.05, 3.63) is 53.0 Å². The highest BCUT2D eigenvalue weighted by atomic mass is 19.4. The van der Waals surface area contributed by atoms with Crippen molar-refractivity contribution in [2.75, 3.05) is 11.9 Å². The maximum absolute atomic E-state index is 13.3. The van der Waals surface area contributed by atoms with Crippen LogP contribution in [0, 0.1) is 0 Å². The maximum Gasteiger partial charge on any atom is 0.416 e. The van der Waals surface area contributed by atoms with Crippen LogP contribution in [0.4, 0.5) is 19.0 Å². The third-order valence-corrected chi connectivity index (χ3v) is 5.04. The first kappa shape index (κ1) is 19.0. The Bertz CT molecular complexity index is 1100. The third-order valence-electron chi connectivity index (χ3n) is 5.04. The number of carbonyl (C=O) groups excluding carboxylic acids is 1. The van der Waals surface area contributed by atoms with Gasteiger partial charge in [-0.25, -0.2) is 9.97 Å². The molecular weight excluding hydrogens is 383 g/mol. The van der Waals surface area contributed by atoms with E-state index < -0.39 is 17.6 Å². The number of amides is 1. The summed E-state index contributed by atoms with van der Waals surface area (Å²) in [6.07, 6.45) is -1.89.